The summed E-state index contributed by atoms with van der Waals surface area (Å²) in [5.74, 6) is 1.41. The zero-order valence-corrected chi connectivity index (χ0v) is 18.0. The van der Waals surface area contributed by atoms with Crippen LogP contribution in [0.1, 0.15) is 24.8 Å². The smallest absolute Gasteiger partial charge is 0.223 e. The largest absolute Gasteiger partial charge is 0.492 e. The normalized spacial score (nSPS) is 19.7. The molecule has 2 N–H and O–H groups in total. The summed E-state index contributed by atoms with van der Waals surface area (Å²) in [6, 6.07) is 8.20. The maximum atomic E-state index is 12.3. The molecule has 1 unspecified atom stereocenters. The second kappa shape index (κ2) is 11.1. The molecule has 1 aliphatic heterocycles. The van der Waals surface area contributed by atoms with Crippen molar-refractivity contribution in [2.45, 2.75) is 25.7 Å². The fourth-order valence-electron chi connectivity index (χ4n) is 3.75. The van der Waals surface area contributed by atoms with E-state index in [1.54, 1.807) is 0 Å². The second-order valence-electron chi connectivity index (χ2n) is 7.71. The van der Waals surface area contributed by atoms with Crippen molar-refractivity contribution in [2.75, 3.05) is 46.9 Å². The maximum Gasteiger partial charge on any atom is 0.223 e. The lowest BCUT2D eigenvalue weighted by Crippen LogP contribution is -2.34. The minimum atomic E-state index is 0. The topological polar surface area (TPSA) is 53.6 Å². The highest BCUT2D eigenvalue weighted by molar-refractivity contribution is 5.85. The van der Waals surface area contributed by atoms with E-state index >= 15 is 0 Å². The van der Waals surface area contributed by atoms with Crippen molar-refractivity contribution in [3.63, 3.8) is 0 Å². The molecular formula is C20H33Cl2N3O2. The summed E-state index contributed by atoms with van der Waals surface area (Å²) in [6.07, 6.45) is 4.26. The molecule has 154 valence electrons. The summed E-state index contributed by atoms with van der Waals surface area (Å²) < 4.78 is 5.70. The van der Waals surface area contributed by atoms with Crippen LogP contribution < -0.4 is 15.4 Å². The highest BCUT2D eigenvalue weighted by Crippen LogP contribution is 2.58. The van der Waals surface area contributed by atoms with Crippen LogP contribution in [0.25, 0.3) is 0 Å². The Bertz CT molecular complexity index is 575. The van der Waals surface area contributed by atoms with Crippen LogP contribution in [-0.2, 0) is 11.2 Å². The van der Waals surface area contributed by atoms with Crippen LogP contribution in [0.2, 0.25) is 0 Å². The summed E-state index contributed by atoms with van der Waals surface area (Å²) in [7, 11) is 4.07. The highest BCUT2D eigenvalue weighted by Gasteiger charge is 2.57. The van der Waals surface area contributed by atoms with Gasteiger partial charge in [0.1, 0.15) is 12.4 Å². The molecule has 0 bridgehead atoms. The van der Waals surface area contributed by atoms with E-state index in [9.17, 15) is 4.79 Å². The third kappa shape index (κ3) is 6.83. The van der Waals surface area contributed by atoms with Gasteiger partial charge in [-0.1, -0.05) is 12.1 Å². The fourth-order valence-corrected chi connectivity index (χ4v) is 3.75. The molecule has 27 heavy (non-hydrogen) atoms. The number of nitrogens with one attached hydrogen (secondary N) is 2. The number of likely N-dealkylation sites (N-methyl/N-ethyl adjacent to an activating group) is 1. The van der Waals surface area contributed by atoms with Gasteiger partial charge in [0.25, 0.3) is 0 Å². The zero-order valence-electron chi connectivity index (χ0n) is 16.3. The van der Waals surface area contributed by atoms with Crippen LogP contribution in [0.5, 0.6) is 5.75 Å². The molecule has 1 heterocycles. The summed E-state index contributed by atoms with van der Waals surface area (Å²) in [5, 5.41) is 6.51. The van der Waals surface area contributed by atoms with E-state index in [1.165, 1.54) is 5.56 Å². The van der Waals surface area contributed by atoms with E-state index in [4.69, 9.17) is 4.74 Å². The molecule has 5 nitrogen and oxygen atoms in total. The number of hydrogen-bond acceptors (Lipinski definition) is 4. The first kappa shape index (κ1) is 24.0. The number of piperidine rings is 1. The predicted octanol–water partition coefficient (Wildman–Crippen LogP) is 2.52. The fraction of sp³-hybridized carbons (Fsp3) is 0.650. The number of nitrogens with zero attached hydrogens (tertiary/aromatic N) is 1. The van der Waals surface area contributed by atoms with Gasteiger partial charge in [0.15, 0.2) is 0 Å². The number of carbonyl (C=O) groups is 1. The van der Waals surface area contributed by atoms with Gasteiger partial charge in [-0.15, -0.1) is 24.8 Å². The lowest BCUT2D eigenvalue weighted by Gasteiger charge is -2.23. The number of benzene rings is 1. The first-order valence-electron chi connectivity index (χ1n) is 9.44. The minimum absolute atomic E-state index is 0. The van der Waals surface area contributed by atoms with Crippen molar-refractivity contribution in [3.05, 3.63) is 29.8 Å². The van der Waals surface area contributed by atoms with Gasteiger partial charge in [0.05, 0.1) is 0 Å². The monoisotopic (exact) mass is 417 g/mol. The Morgan fingerprint density at radius 1 is 1.22 bits per heavy atom. The molecule has 3 rings (SSSR count). The van der Waals surface area contributed by atoms with Gasteiger partial charge in [0, 0.05) is 19.0 Å². The van der Waals surface area contributed by atoms with Gasteiger partial charge in [-0.25, -0.2) is 0 Å². The van der Waals surface area contributed by atoms with Gasteiger partial charge in [-0.2, -0.15) is 0 Å². The Morgan fingerprint density at radius 3 is 2.52 bits per heavy atom. The first-order valence-corrected chi connectivity index (χ1v) is 9.44. The Hall–Kier alpha value is -1.01. The second-order valence-corrected chi connectivity index (χ2v) is 7.71. The van der Waals surface area contributed by atoms with Crippen molar-refractivity contribution in [3.8, 4) is 5.75 Å². The summed E-state index contributed by atoms with van der Waals surface area (Å²) >= 11 is 0. The molecule has 2 aliphatic rings. The predicted molar refractivity (Wildman–Crippen MR) is 114 cm³/mol. The van der Waals surface area contributed by atoms with Crippen molar-refractivity contribution in [1.82, 2.24) is 15.5 Å². The van der Waals surface area contributed by atoms with Gasteiger partial charge >= 0.3 is 0 Å². The van der Waals surface area contributed by atoms with Crippen LogP contribution in [0.3, 0.4) is 0 Å². The van der Waals surface area contributed by atoms with Crippen LogP contribution in [0.4, 0.5) is 0 Å². The number of ether oxygens (including phenoxy) is 1. The quantitative estimate of drug-likeness (QED) is 0.681. The SMILES string of the molecule is CN(C)CCOc1ccc(CCNC(=O)C2CC23CCNCC3)cc1.Cl.Cl. The van der Waals surface area contributed by atoms with Gasteiger partial charge in [-0.3, -0.25) is 4.79 Å². The summed E-state index contributed by atoms with van der Waals surface area (Å²) in [5.41, 5.74) is 1.55. The molecule has 1 amide bonds. The van der Waals surface area contributed by atoms with Crippen molar-refractivity contribution in [1.29, 1.82) is 0 Å². The van der Waals surface area contributed by atoms with E-state index in [0.29, 0.717) is 18.6 Å². The lowest BCUT2D eigenvalue weighted by molar-refractivity contribution is -0.123. The van der Waals surface area contributed by atoms with E-state index in [0.717, 1.165) is 51.1 Å². The average molecular weight is 418 g/mol. The van der Waals surface area contributed by atoms with Crippen molar-refractivity contribution >= 4 is 30.7 Å². The first-order chi connectivity index (χ1) is 12.1. The van der Waals surface area contributed by atoms with Crippen LogP contribution in [0.15, 0.2) is 24.3 Å². The molecule has 2 fully saturated rings. The van der Waals surface area contributed by atoms with Crippen molar-refractivity contribution in [2.24, 2.45) is 11.3 Å². The zero-order chi connectivity index (χ0) is 17.7. The molecule has 1 saturated heterocycles. The lowest BCUT2D eigenvalue weighted by atomic mass is 9.92. The molecule has 0 radical (unpaired) electrons. The summed E-state index contributed by atoms with van der Waals surface area (Å²) in [4.78, 5) is 14.4. The molecule has 1 saturated carbocycles. The summed E-state index contributed by atoms with van der Waals surface area (Å²) in [6.45, 7) is 4.44. The number of rotatable bonds is 8. The molecule has 1 aromatic carbocycles. The van der Waals surface area contributed by atoms with Gasteiger partial charge in [-0.05, 0) is 76.0 Å². The minimum Gasteiger partial charge on any atom is -0.492 e. The van der Waals surface area contributed by atoms with Gasteiger partial charge < -0.3 is 20.3 Å². The number of amides is 1. The molecule has 1 aromatic rings. The van der Waals surface area contributed by atoms with E-state index in [2.05, 4.69) is 27.7 Å². The number of hydrogen-bond donors (Lipinski definition) is 2. The molecule has 1 aliphatic carbocycles. The van der Waals surface area contributed by atoms with E-state index < -0.39 is 0 Å². The Balaban J connectivity index is 0.00000182. The number of halogens is 2. The Kier molecular flexibility index (Phi) is 9.88. The standard InChI is InChI=1S/C20H31N3O2.2ClH/c1-23(2)13-14-25-17-5-3-16(4-6-17)7-10-22-19(24)18-15-20(18)8-11-21-12-9-20;;/h3-6,18,21H,7-15H2,1-2H3,(H,22,24);2*1H. The molecule has 0 aromatic heterocycles. The molecule has 7 heteroatoms. The van der Waals surface area contributed by atoms with Crippen molar-refractivity contribution < 1.29 is 9.53 Å². The highest BCUT2D eigenvalue weighted by atomic mass is 35.5. The Morgan fingerprint density at radius 2 is 1.89 bits per heavy atom. The van der Waals surface area contributed by atoms with Crippen LogP contribution >= 0.6 is 24.8 Å². The molecular weight excluding hydrogens is 385 g/mol. The van der Waals surface area contributed by atoms with E-state index in [-0.39, 0.29) is 36.6 Å². The van der Waals surface area contributed by atoms with E-state index in [1.807, 2.05) is 26.2 Å². The molecule has 1 atom stereocenters. The Labute approximate surface area is 175 Å². The number of carbonyl (C=O) groups excluding carboxylic acids is 1. The average Bonchev–Trinajstić information content (AvgIpc) is 3.29. The molecule has 1 spiro atoms. The van der Waals surface area contributed by atoms with Crippen LogP contribution in [-0.4, -0.2) is 57.7 Å². The van der Waals surface area contributed by atoms with Crippen LogP contribution in [0, 0.1) is 11.3 Å². The third-order valence-electron chi connectivity index (χ3n) is 5.55. The maximum absolute atomic E-state index is 12.3. The third-order valence-corrected chi connectivity index (χ3v) is 5.55. The van der Waals surface area contributed by atoms with Gasteiger partial charge in [0.2, 0.25) is 5.91 Å².